The van der Waals surface area contributed by atoms with Gasteiger partial charge in [-0.1, -0.05) is 30.7 Å². The largest absolute Gasteiger partial charge is 0.322 e. The summed E-state index contributed by atoms with van der Waals surface area (Å²) in [6, 6.07) is 17.0. The smallest absolute Gasteiger partial charge is 0.261 e. The lowest BCUT2D eigenvalue weighted by Crippen LogP contribution is -2.24. The van der Waals surface area contributed by atoms with Crippen molar-refractivity contribution >= 4 is 37.3 Å². The number of benzene rings is 3. The molecule has 3 aromatic rings. The molecule has 10 heteroatoms. The summed E-state index contributed by atoms with van der Waals surface area (Å²) in [4.78, 5) is 12.9. The van der Waals surface area contributed by atoms with Crippen LogP contribution in [0.15, 0.2) is 76.5 Å². The Balaban J connectivity index is 1.75. The van der Waals surface area contributed by atoms with Crippen LogP contribution in [-0.4, -0.2) is 29.3 Å². The summed E-state index contributed by atoms with van der Waals surface area (Å²) in [7, 11) is -7.44. The molecular formula is C23H25N3O5S2. The third-order valence-electron chi connectivity index (χ3n) is 4.82. The zero-order valence-electron chi connectivity index (χ0n) is 18.4. The molecule has 1 amide bonds. The lowest BCUT2D eigenvalue weighted by molar-refractivity contribution is 0.102. The molecular weight excluding hydrogens is 462 g/mol. The molecule has 0 heterocycles. The molecule has 0 aliphatic heterocycles. The molecule has 3 aromatic carbocycles. The number of rotatable bonds is 8. The second-order valence-electron chi connectivity index (χ2n) is 7.43. The van der Waals surface area contributed by atoms with E-state index in [4.69, 9.17) is 0 Å². The molecule has 0 spiro atoms. The molecule has 3 N–H and O–H groups in total. The summed E-state index contributed by atoms with van der Waals surface area (Å²) in [6.45, 7) is 5.48. The van der Waals surface area contributed by atoms with Crippen LogP contribution in [0.5, 0.6) is 0 Å². The zero-order chi connectivity index (χ0) is 24.2. The van der Waals surface area contributed by atoms with Crippen molar-refractivity contribution in [3.63, 3.8) is 0 Å². The quantitative estimate of drug-likeness (QED) is 0.448. The molecule has 8 nitrogen and oxygen atoms in total. The molecule has 174 valence electrons. The number of aryl methyl sites for hydroxylation is 2. The van der Waals surface area contributed by atoms with Crippen molar-refractivity contribution in [1.29, 1.82) is 0 Å². The van der Waals surface area contributed by atoms with Gasteiger partial charge in [0.2, 0.25) is 10.0 Å². The maximum Gasteiger partial charge on any atom is 0.261 e. The van der Waals surface area contributed by atoms with Crippen molar-refractivity contribution in [3.05, 3.63) is 83.4 Å². The predicted octanol–water partition coefficient (Wildman–Crippen LogP) is 3.65. The third kappa shape index (κ3) is 5.98. The minimum Gasteiger partial charge on any atom is -0.322 e. The minimum absolute atomic E-state index is 0.000889. The number of amides is 1. The van der Waals surface area contributed by atoms with E-state index < -0.39 is 26.0 Å². The van der Waals surface area contributed by atoms with Gasteiger partial charge in [0.25, 0.3) is 15.9 Å². The third-order valence-corrected chi connectivity index (χ3v) is 7.77. The standard InChI is InChI=1S/C23H25N3O5S2/c1-4-24-32(28,29)21-14-7-17(3)22(15-21)23(27)25-18-8-10-19(11-9-18)26-33(30,31)20-12-5-16(2)6-13-20/h5-15,24,26H,4H2,1-3H3,(H,25,27). The Bertz CT molecular complexity index is 1370. The maximum atomic E-state index is 12.8. The second-order valence-corrected chi connectivity index (χ2v) is 10.9. The minimum atomic E-state index is -3.74. The Morgan fingerprint density at radius 2 is 1.33 bits per heavy atom. The van der Waals surface area contributed by atoms with Gasteiger partial charge in [0.05, 0.1) is 9.79 Å². The molecule has 3 rings (SSSR count). The molecule has 33 heavy (non-hydrogen) atoms. The van der Waals surface area contributed by atoms with E-state index in [-0.39, 0.29) is 21.9 Å². The van der Waals surface area contributed by atoms with Crippen LogP contribution in [0.2, 0.25) is 0 Å². The number of sulfonamides is 2. The Kier molecular flexibility index (Phi) is 7.21. The van der Waals surface area contributed by atoms with Crippen LogP contribution in [0.4, 0.5) is 11.4 Å². The van der Waals surface area contributed by atoms with E-state index in [0.29, 0.717) is 16.9 Å². The van der Waals surface area contributed by atoms with E-state index in [2.05, 4.69) is 14.8 Å². The average Bonchev–Trinajstić information content (AvgIpc) is 2.75. The lowest BCUT2D eigenvalue weighted by atomic mass is 10.1. The van der Waals surface area contributed by atoms with E-state index in [1.54, 1.807) is 44.2 Å². The highest BCUT2D eigenvalue weighted by molar-refractivity contribution is 7.92. The SMILES string of the molecule is CCNS(=O)(=O)c1ccc(C)c(C(=O)Nc2ccc(NS(=O)(=O)c3ccc(C)cc3)cc2)c1. The summed E-state index contributed by atoms with van der Waals surface area (Å²) >= 11 is 0. The van der Waals surface area contributed by atoms with E-state index in [1.807, 2.05) is 6.92 Å². The average molecular weight is 488 g/mol. The Hall–Kier alpha value is -3.21. The number of hydrogen-bond donors (Lipinski definition) is 3. The first-order valence-electron chi connectivity index (χ1n) is 10.1. The molecule has 0 saturated carbocycles. The van der Waals surface area contributed by atoms with Crippen LogP contribution in [0.1, 0.15) is 28.4 Å². The molecule has 0 unspecified atom stereocenters. The number of carbonyl (C=O) groups excluding carboxylic acids is 1. The van der Waals surface area contributed by atoms with Gasteiger partial charge in [0, 0.05) is 23.5 Å². The van der Waals surface area contributed by atoms with Crippen molar-refractivity contribution in [2.75, 3.05) is 16.6 Å². The molecule has 0 bridgehead atoms. The Morgan fingerprint density at radius 3 is 1.94 bits per heavy atom. The molecule has 0 saturated heterocycles. The Morgan fingerprint density at radius 1 is 0.758 bits per heavy atom. The van der Waals surface area contributed by atoms with Crippen LogP contribution in [-0.2, 0) is 20.0 Å². The van der Waals surface area contributed by atoms with E-state index in [0.717, 1.165) is 5.56 Å². The van der Waals surface area contributed by atoms with Gasteiger partial charge in [-0.3, -0.25) is 9.52 Å². The molecule has 0 aromatic heterocycles. The first-order chi connectivity index (χ1) is 15.5. The van der Waals surface area contributed by atoms with Crippen molar-refractivity contribution in [3.8, 4) is 0 Å². The fourth-order valence-corrected chi connectivity index (χ4v) is 5.16. The van der Waals surface area contributed by atoms with Crippen molar-refractivity contribution in [2.24, 2.45) is 0 Å². The van der Waals surface area contributed by atoms with Gasteiger partial charge in [-0.2, -0.15) is 0 Å². The fourth-order valence-electron chi connectivity index (χ4n) is 3.04. The highest BCUT2D eigenvalue weighted by Crippen LogP contribution is 2.21. The monoisotopic (exact) mass is 487 g/mol. The number of anilines is 2. The summed E-state index contributed by atoms with van der Waals surface area (Å²) in [5, 5.41) is 2.71. The topological polar surface area (TPSA) is 121 Å². The van der Waals surface area contributed by atoms with Crippen LogP contribution >= 0.6 is 0 Å². The summed E-state index contributed by atoms with van der Waals surface area (Å²) in [6.07, 6.45) is 0. The highest BCUT2D eigenvalue weighted by Gasteiger charge is 2.18. The van der Waals surface area contributed by atoms with Crippen LogP contribution in [0.25, 0.3) is 0 Å². The molecule has 0 fully saturated rings. The van der Waals surface area contributed by atoms with E-state index in [1.165, 1.54) is 36.4 Å². The van der Waals surface area contributed by atoms with Gasteiger partial charge in [-0.15, -0.1) is 0 Å². The number of carbonyl (C=O) groups is 1. The lowest BCUT2D eigenvalue weighted by Gasteiger charge is -2.12. The van der Waals surface area contributed by atoms with Crippen LogP contribution < -0.4 is 14.8 Å². The van der Waals surface area contributed by atoms with Gasteiger partial charge in [-0.05, 0) is 67.9 Å². The van der Waals surface area contributed by atoms with Crippen LogP contribution in [0.3, 0.4) is 0 Å². The fraction of sp³-hybridized carbons (Fsp3) is 0.174. The molecule has 0 aliphatic rings. The first kappa shape index (κ1) is 24.4. The Labute approximate surface area is 194 Å². The van der Waals surface area contributed by atoms with Gasteiger partial charge in [0.1, 0.15) is 0 Å². The van der Waals surface area contributed by atoms with Crippen molar-refractivity contribution < 1.29 is 21.6 Å². The maximum absolute atomic E-state index is 12.8. The molecule has 0 aliphatic carbocycles. The van der Waals surface area contributed by atoms with Gasteiger partial charge in [-0.25, -0.2) is 21.6 Å². The summed E-state index contributed by atoms with van der Waals surface area (Å²) in [5.74, 6) is -0.478. The first-order valence-corrected chi connectivity index (χ1v) is 13.1. The van der Waals surface area contributed by atoms with E-state index in [9.17, 15) is 21.6 Å². The predicted molar refractivity (Wildman–Crippen MR) is 128 cm³/mol. The second kappa shape index (κ2) is 9.74. The van der Waals surface area contributed by atoms with E-state index >= 15 is 0 Å². The normalized spacial score (nSPS) is 11.7. The van der Waals surface area contributed by atoms with Crippen molar-refractivity contribution in [1.82, 2.24) is 4.72 Å². The van der Waals surface area contributed by atoms with Gasteiger partial charge in [0.15, 0.2) is 0 Å². The number of nitrogens with one attached hydrogen (secondary N) is 3. The summed E-state index contributed by atoms with van der Waals surface area (Å²) in [5.41, 5.74) is 2.55. The summed E-state index contributed by atoms with van der Waals surface area (Å²) < 4.78 is 54.4. The van der Waals surface area contributed by atoms with Gasteiger partial charge < -0.3 is 5.32 Å². The molecule has 0 atom stereocenters. The van der Waals surface area contributed by atoms with Crippen LogP contribution in [0, 0.1) is 13.8 Å². The molecule has 0 radical (unpaired) electrons. The zero-order valence-corrected chi connectivity index (χ0v) is 20.0. The van der Waals surface area contributed by atoms with Gasteiger partial charge >= 0.3 is 0 Å². The number of hydrogen-bond acceptors (Lipinski definition) is 5. The highest BCUT2D eigenvalue weighted by atomic mass is 32.2. The van der Waals surface area contributed by atoms with Crippen molar-refractivity contribution in [2.45, 2.75) is 30.6 Å².